The van der Waals surface area contributed by atoms with Crippen LogP contribution in [0.1, 0.15) is 69.1 Å². The summed E-state index contributed by atoms with van der Waals surface area (Å²) in [7, 11) is 0. The van der Waals surface area contributed by atoms with Gasteiger partial charge in [0.25, 0.3) is 0 Å². The summed E-state index contributed by atoms with van der Waals surface area (Å²) in [4.78, 5) is 10.5. The largest absolute Gasteiger partial charge is 0.481 e. The van der Waals surface area contributed by atoms with Gasteiger partial charge in [-0.3, -0.25) is 4.79 Å². The zero-order valence-corrected chi connectivity index (χ0v) is 14.8. The molecule has 5 heteroatoms. The molecule has 1 aromatic carbocycles. The van der Waals surface area contributed by atoms with Crippen LogP contribution in [0.3, 0.4) is 0 Å². The van der Waals surface area contributed by atoms with E-state index in [1.165, 1.54) is 6.08 Å². The minimum atomic E-state index is -1.07. The van der Waals surface area contributed by atoms with E-state index in [-0.39, 0.29) is 12.8 Å². The van der Waals surface area contributed by atoms with Crippen LogP contribution in [-0.2, 0) is 4.79 Å². The van der Waals surface area contributed by atoms with Crippen LogP contribution in [0.15, 0.2) is 30.3 Å². The molecule has 0 bridgehead atoms. The number of aliphatic hydroxyl groups is 3. The Hall–Kier alpha value is -1.69. The van der Waals surface area contributed by atoms with Gasteiger partial charge in [0.1, 0.15) is 0 Å². The van der Waals surface area contributed by atoms with Gasteiger partial charge >= 0.3 is 5.97 Å². The van der Waals surface area contributed by atoms with Gasteiger partial charge in [0.15, 0.2) is 0 Å². The molecule has 4 N–H and O–H groups in total. The van der Waals surface area contributed by atoms with Crippen molar-refractivity contribution >= 4 is 12.0 Å². The molecular formula is C20H30O5. The molecule has 0 saturated heterocycles. The smallest absolute Gasteiger partial charge is 0.303 e. The number of carboxylic acid groups (broad SMARTS) is 1. The van der Waals surface area contributed by atoms with Gasteiger partial charge in [0, 0.05) is 6.42 Å². The first-order chi connectivity index (χ1) is 12.0. The van der Waals surface area contributed by atoms with E-state index < -0.39 is 24.3 Å². The molecule has 5 nitrogen and oxygen atoms in total. The fourth-order valence-corrected chi connectivity index (χ4v) is 2.67. The molecule has 0 aliphatic carbocycles. The molecule has 0 fully saturated rings. The van der Waals surface area contributed by atoms with Crippen molar-refractivity contribution in [2.45, 2.75) is 70.2 Å². The van der Waals surface area contributed by atoms with Gasteiger partial charge in [0.05, 0.1) is 18.3 Å². The Bertz CT molecular complexity index is 541. The van der Waals surface area contributed by atoms with Crippen molar-refractivity contribution in [1.82, 2.24) is 0 Å². The van der Waals surface area contributed by atoms with E-state index in [9.17, 15) is 20.1 Å². The van der Waals surface area contributed by atoms with E-state index in [1.54, 1.807) is 6.08 Å². The fraction of sp³-hybridized carbons (Fsp3) is 0.550. The summed E-state index contributed by atoms with van der Waals surface area (Å²) < 4.78 is 0. The van der Waals surface area contributed by atoms with Gasteiger partial charge in [0.2, 0.25) is 0 Å². The van der Waals surface area contributed by atoms with Crippen LogP contribution in [0.4, 0.5) is 0 Å². The summed E-state index contributed by atoms with van der Waals surface area (Å²) in [5, 5.41) is 38.9. The third kappa shape index (κ3) is 8.29. The fourth-order valence-electron chi connectivity index (χ4n) is 2.67. The highest BCUT2D eigenvalue weighted by Crippen LogP contribution is 2.24. The van der Waals surface area contributed by atoms with Crippen molar-refractivity contribution in [1.29, 1.82) is 0 Å². The van der Waals surface area contributed by atoms with E-state index in [2.05, 4.69) is 6.92 Å². The molecule has 0 heterocycles. The minimum absolute atomic E-state index is 0.0275. The Labute approximate surface area is 149 Å². The molecule has 0 saturated carbocycles. The first kappa shape index (κ1) is 21.4. The number of aliphatic carboxylic acids is 1. The van der Waals surface area contributed by atoms with Crippen LogP contribution in [0.5, 0.6) is 0 Å². The average Bonchev–Trinajstić information content (AvgIpc) is 2.59. The summed E-state index contributed by atoms with van der Waals surface area (Å²) in [5.74, 6) is -0.914. The molecule has 0 amide bonds. The lowest BCUT2D eigenvalue weighted by Gasteiger charge is -2.16. The number of unbranched alkanes of at least 4 members (excludes halogenated alkanes) is 2. The Morgan fingerprint density at radius 3 is 2.48 bits per heavy atom. The van der Waals surface area contributed by atoms with Crippen LogP contribution < -0.4 is 0 Å². The van der Waals surface area contributed by atoms with E-state index in [1.807, 2.05) is 24.3 Å². The second-order valence-corrected chi connectivity index (χ2v) is 6.34. The number of hydrogen-bond acceptors (Lipinski definition) is 4. The van der Waals surface area contributed by atoms with Crippen LogP contribution in [-0.4, -0.2) is 38.6 Å². The summed E-state index contributed by atoms with van der Waals surface area (Å²) in [5.41, 5.74) is 1.62. The van der Waals surface area contributed by atoms with Gasteiger partial charge < -0.3 is 20.4 Å². The molecule has 0 aromatic heterocycles. The number of rotatable bonds is 12. The lowest BCUT2D eigenvalue weighted by atomic mass is 9.97. The maximum absolute atomic E-state index is 10.5. The van der Waals surface area contributed by atoms with Crippen molar-refractivity contribution in [3.8, 4) is 0 Å². The molecule has 3 atom stereocenters. The third-order valence-electron chi connectivity index (χ3n) is 4.19. The number of carboxylic acids is 1. The van der Waals surface area contributed by atoms with E-state index in [4.69, 9.17) is 5.11 Å². The van der Waals surface area contributed by atoms with Crippen LogP contribution >= 0.6 is 0 Å². The Balaban J connectivity index is 2.65. The Morgan fingerprint density at radius 2 is 1.80 bits per heavy atom. The average molecular weight is 350 g/mol. The maximum Gasteiger partial charge on any atom is 0.303 e. The summed E-state index contributed by atoms with van der Waals surface area (Å²) >= 11 is 0. The maximum atomic E-state index is 10.5. The van der Waals surface area contributed by atoms with Crippen LogP contribution in [0.2, 0.25) is 0 Å². The minimum Gasteiger partial charge on any atom is -0.481 e. The van der Waals surface area contributed by atoms with Crippen molar-refractivity contribution in [3.05, 3.63) is 41.5 Å². The summed E-state index contributed by atoms with van der Waals surface area (Å²) in [6.07, 6.45) is 4.90. The Morgan fingerprint density at radius 1 is 1.08 bits per heavy atom. The summed E-state index contributed by atoms with van der Waals surface area (Å²) in [6.45, 7) is 2.12. The van der Waals surface area contributed by atoms with Crippen molar-refractivity contribution in [3.63, 3.8) is 0 Å². The van der Waals surface area contributed by atoms with Crippen molar-refractivity contribution in [2.75, 3.05) is 0 Å². The van der Waals surface area contributed by atoms with E-state index in [0.717, 1.165) is 30.4 Å². The monoisotopic (exact) mass is 350 g/mol. The third-order valence-corrected chi connectivity index (χ3v) is 4.19. The molecule has 0 spiro atoms. The molecule has 0 aliphatic rings. The molecule has 1 rings (SSSR count). The number of aliphatic hydroxyl groups excluding tert-OH is 3. The normalized spacial score (nSPS) is 15.2. The topological polar surface area (TPSA) is 98.0 Å². The Kier molecular flexibility index (Phi) is 10.1. The zero-order chi connectivity index (χ0) is 18.7. The zero-order valence-electron chi connectivity index (χ0n) is 14.8. The molecule has 1 aromatic rings. The van der Waals surface area contributed by atoms with Crippen molar-refractivity contribution in [2.24, 2.45) is 0 Å². The quantitative estimate of drug-likeness (QED) is 0.434. The molecule has 0 unspecified atom stereocenters. The molecule has 25 heavy (non-hydrogen) atoms. The van der Waals surface area contributed by atoms with Gasteiger partial charge in [-0.25, -0.2) is 0 Å². The standard InChI is InChI=1S/C20H30O5/c1-2-3-4-10-17(21)16-9-6-5-8-15(16)13-14-19(23)18(22)11-7-12-20(24)25/h5-6,8-9,13-14,17-19,21-23H,2-4,7,10-12H2,1H3,(H,24,25)/b14-13+/t17-,18-,19+/m0/s1. The molecule has 0 aliphatic heterocycles. The molecule has 0 radical (unpaired) electrons. The van der Waals surface area contributed by atoms with Gasteiger partial charge in [-0.15, -0.1) is 0 Å². The highest BCUT2D eigenvalue weighted by atomic mass is 16.4. The highest BCUT2D eigenvalue weighted by molar-refractivity contribution is 5.66. The van der Waals surface area contributed by atoms with Crippen molar-refractivity contribution < 1.29 is 25.2 Å². The van der Waals surface area contributed by atoms with Crippen LogP contribution in [0.25, 0.3) is 6.08 Å². The summed E-state index contributed by atoms with van der Waals surface area (Å²) in [6, 6.07) is 7.45. The predicted octanol–water partition coefficient (Wildman–Crippen LogP) is 3.29. The molecular weight excluding hydrogens is 320 g/mol. The van der Waals surface area contributed by atoms with Gasteiger partial charge in [-0.1, -0.05) is 62.6 Å². The molecule has 140 valence electrons. The van der Waals surface area contributed by atoms with Gasteiger partial charge in [-0.05, 0) is 30.4 Å². The second kappa shape index (κ2) is 11.8. The van der Waals surface area contributed by atoms with Gasteiger partial charge in [-0.2, -0.15) is 0 Å². The highest BCUT2D eigenvalue weighted by Gasteiger charge is 2.15. The number of benzene rings is 1. The van der Waals surface area contributed by atoms with Crippen LogP contribution in [0, 0.1) is 0 Å². The van der Waals surface area contributed by atoms with E-state index in [0.29, 0.717) is 12.8 Å². The SMILES string of the molecule is CCCCC[C@H](O)c1ccccc1/C=C/[C@@H](O)[C@@H](O)CCCC(=O)O. The lowest BCUT2D eigenvalue weighted by molar-refractivity contribution is -0.137. The first-order valence-corrected chi connectivity index (χ1v) is 8.98. The predicted molar refractivity (Wildman–Crippen MR) is 98.1 cm³/mol. The number of carbonyl (C=O) groups is 1. The number of hydrogen-bond donors (Lipinski definition) is 4. The van der Waals surface area contributed by atoms with E-state index >= 15 is 0 Å². The second-order valence-electron chi connectivity index (χ2n) is 6.34. The first-order valence-electron chi connectivity index (χ1n) is 8.98. The lowest BCUT2D eigenvalue weighted by Crippen LogP contribution is -2.23.